The van der Waals surface area contributed by atoms with Crippen LogP contribution in [0.2, 0.25) is 5.02 Å². The molecule has 2 aliphatic rings. The molecule has 0 spiro atoms. The van der Waals surface area contributed by atoms with Gasteiger partial charge in [0, 0.05) is 17.3 Å². The summed E-state index contributed by atoms with van der Waals surface area (Å²) in [4.78, 5) is 23.8. The van der Waals surface area contributed by atoms with Gasteiger partial charge in [-0.15, -0.1) is 0 Å². The number of hydrogen-bond acceptors (Lipinski definition) is 5. The smallest absolute Gasteiger partial charge is 0.337 e. The average Bonchev–Trinajstić information content (AvgIpc) is 2.91. The van der Waals surface area contributed by atoms with Gasteiger partial charge in [0.15, 0.2) is 11.5 Å². The van der Waals surface area contributed by atoms with Crippen LogP contribution in [0.4, 0.5) is 4.79 Å². The van der Waals surface area contributed by atoms with Crippen LogP contribution < -0.4 is 20.1 Å². The fourth-order valence-electron chi connectivity index (χ4n) is 2.46. The van der Waals surface area contributed by atoms with Crippen LogP contribution in [0.5, 0.6) is 11.5 Å². The van der Waals surface area contributed by atoms with Gasteiger partial charge in [0.2, 0.25) is 6.79 Å². The minimum atomic E-state index is -0.733. The van der Waals surface area contributed by atoms with E-state index in [2.05, 4.69) is 10.6 Å². The predicted octanol–water partition coefficient (Wildman–Crippen LogP) is 1.87. The molecule has 2 heterocycles. The summed E-state index contributed by atoms with van der Waals surface area (Å²) in [5, 5.41) is 5.57. The minimum absolute atomic E-state index is 0.104. The maximum Gasteiger partial charge on any atom is 0.337 e. The second kappa shape index (κ2) is 5.42. The monoisotopic (exact) mass is 324 g/mol. The third kappa shape index (κ3) is 2.33. The molecule has 2 amide bonds. The van der Waals surface area contributed by atoms with Gasteiger partial charge in [-0.05, 0) is 13.0 Å². The number of halogens is 1. The molecule has 22 heavy (non-hydrogen) atoms. The van der Waals surface area contributed by atoms with Gasteiger partial charge < -0.3 is 24.8 Å². The van der Waals surface area contributed by atoms with Crippen LogP contribution >= 0.6 is 11.6 Å². The van der Waals surface area contributed by atoms with Crippen molar-refractivity contribution in [2.75, 3.05) is 13.9 Å². The van der Waals surface area contributed by atoms with Gasteiger partial charge in [-0.25, -0.2) is 9.59 Å². The van der Waals surface area contributed by atoms with E-state index in [9.17, 15) is 9.59 Å². The van der Waals surface area contributed by atoms with E-state index in [0.717, 1.165) is 0 Å². The number of benzene rings is 1. The first-order chi connectivity index (χ1) is 10.5. The number of carbonyl (C=O) groups excluding carboxylic acids is 2. The van der Waals surface area contributed by atoms with E-state index in [-0.39, 0.29) is 12.4 Å². The van der Waals surface area contributed by atoms with Crippen LogP contribution in [-0.2, 0) is 9.53 Å². The fourth-order valence-corrected chi connectivity index (χ4v) is 2.72. The lowest BCUT2D eigenvalue weighted by Crippen LogP contribution is -2.45. The number of rotatable bonds is 2. The van der Waals surface area contributed by atoms with Crippen molar-refractivity contribution in [3.63, 3.8) is 0 Å². The molecule has 0 unspecified atom stereocenters. The number of ether oxygens (including phenoxy) is 3. The van der Waals surface area contributed by atoms with E-state index >= 15 is 0 Å². The van der Waals surface area contributed by atoms with Gasteiger partial charge in [0.1, 0.15) is 0 Å². The van der Waals surface area contributed by atoms with Gasteiger partial charge in [-0.2, -0.15) is 0 Å². The second-order valence-corrected chi connectivity index (χ2v) is 5.20. The van der Waals surface area contributed by atoms with Crippen LogP contribution in [-0.4, -0.2) is 25.9 Å². The first kappa shape index (κ1) is 14.5. The molecule has 2 aliphatic heterocycles. The maximum absolute atomic E-state index is 12.0. The number of hydrogen-bond donors (Lipinski definition) is 2. The van der Waals surface area contributed by atoms with Gasteiger partial charge in [0.05, 0.1) is 23.7 Å². The number of allylic oxidation sites excluding steroid dienone is 1. The van der Waals surface area contributed by atoms with Crippen molar-refractivity contribution in [2.24, 2.45) is 0 Å². The van der Waals surface area contributed by atoms with Gasteiger partial charge >= 0.3 is 12.0 Å². The summed E-state index contributed by atoms with van der Waals surface area (Å²) in [6, 6.07) is 2.08. The third-order valence-corrected chi connectivity index (χ3v) is 3.80. The van der Waals surface area contributed by atoms with E-state index in [1.165, 1.54) is 7.11 Å². The van der Waals surface area contributed by atoms with Gasteiger partial charge in [0.25, 0.3) is 0 Å². The van der Waals surface area contributed by atoms with E-state index in [4.69, 9.17) is 25.8 Å². The Bertz CT molecular complexity index is 701. The maximum atomic E-state index is 12.0. The number of methoxy groups -OCH3 is 1. The average molecular weight is 325 g/mol. The number of urea groups is 1. The Morgan fingerprint density at radius 3 is 2.73 bits per heavy atom. The molecule has 1 aromatic rings. The number of nitrogens with one attached hydrogen (secondary N) is 2. The summed E-state index contributed by atoms with van der Waals surface area (Å²) in [7, 11) is 1.28. The molecule has 0 fully saturated rings. The highest BCUT2D eigenvalue weighted by atomic mass is 35.5. The zero-order valence-corrected chi connectivity index (χ0v) is 12.6. The molecule has 0 aromatic heterocycles. The van der Waals surface area contributed by atoms with Gasteiger partial charge in [-0.3, -0.25) is 0 Å². The fraction of sp³-hybridized carbons (Fsp3) is 0.286. The minimum Gasteiger partial charge on any atom is -0.466 e. The number of fused-ring (bicyclic) bond motifs is 1. The molecule has 2 N–H and O–H groups in total. The van der Waals surface area contributed by atoms with E-state index in [0.29, 0.717) is 27.8 Å². The standard InChI is InChI=1S/C14H13ClN2O5/c1-6-11(13(18)20-2)12(17-14(19)16-6)7-3-9-10(4-8(7)15)22-5-21-9/h3-4,12H,5H2,1-2H3,(H2,16,17,19)/t12-/m0/s1. The van der Waals surface area contributed by atoms with Crippen molar-refractivity contribution in [1.82, 2.24) is 10.6 Å². The number of carbonyl (C=O) groups is 2. The lowest BCUT2D eigenvalue weighted by Gasteiger charge is -2.28. The molecule has 0 bridgehead atoms. The van der Waals surface area contributed by atoms with E-state index < -0.39 is 18.0 Å². The van der Waals surface area contributed by atoms with Crippen LogP contribution in [0.25, 0.3) is 0 Å². The molecule has 0 aliphatic carbocycles. The first-order valence-corrected chi connectivity index (χ1v) is 6.84. The molecular weight excluding hydrogens is 312 g/mol. The SMILES string of the molecule is COC(=O)C1=C(C)NC(=O)N[C@H]1c1cc2c(cc1Cl)OCO2. The van der Waals surface area contributed by atoms with E-state index in [1.54, 1.807) is 19.1 Å². The molecule has 0 saturated heterocycles. The highest BCUT2D eigenvalue weighted by Gasteiger charge is 2.34. The van der Waals surface area contributed by atoms with Crippen LogP contribution in [0.3, 0.4) is 0 Å². The normalized spacial score (nSPS) is 19.6. The van der Waals surface area contributed by atoms with Crippen molar-refractivity contribution in [3.05, 3.63) is 34.0 Å². The summed E-state index contributed by atoms with van der Waals surface area (Å²) in [6.07, 6.45) is 0. The highest BCUT2D eigenvalue weighted by molar-refractivity contribution is 6.31. The third-order valence-electron chi connectivity index (χ3n) is 3.48. The lowest BCUT2D eigenvalue weighted by atomic mass is 9.95. The van der Waals surface area contributed by atoms with Crippen LogP contribution in [0.1, 0.15) is 18.5 Å². The quantitative estimate of drug-likeness (QED) is 0.811. The molecule has 0 radical (unpaired) electrons. The molecule has 0 saturated carbocycles. The van der Waals surface area contributed by atoms with Gasteiger partial charge in [-0.1, -0.05) is 11.6 Å². The Balaban J connectivity index is 2.10. The molecular formula is C14H13ClN2O5. The highest BCUT2D eigenvalue weighted by Crippen LogP contribution is 2.41. The molecule has 1 aromatic carbocycles. The topological polar surface area (TPSA) is 85.9 Å². The lowest BCUT2D eigenvalue weighted by molar-refractivity contribution is -0.136. The van der Waals surface area contributed by atoms with Crippen molar-refractivity contribution >= 4 is 23.6 Å². The zero-order chi connectivity index (χ0) is 15.9. The molecule has 7 nitrogen and oxygen atoms in total. The second-order valence-electron chi connectivity index (χ2n) is 4.79. The summed E-state index contributed by atoms with van der Waals surface area (Å²) < 4.78 is 15.4. The van der Waals surface area contributed by atoms with Crippen LogP contribution in [0.15, 0.2) is 23.4 Å². The Labute approximate surface area is 131 Å². The predicted molar refractivity (Wildman–Crippen MR) is 76.7 cm³/mol. The van der Waals surface area contributed by atoms with Crippen LogP contribution in [0, 0.1) is 0 Å². The molecule has 8 heteroatoms. The molecule has 1 atom stereocenters. The Kier molecular flexibility index (Phi) is 3.58. The number of amides is 2. The summed E-state index contributed by atoms with van der Waals surface area (Å²) in [5.74, 6) is 0.479. The zero-order valence-electron chi connectivity index (χ0n) is 11.9. The van der Waals surface area contributed by atoms with Crippen molar-refractivity contribution < 1.29 is 23.8 Å². The summed E-state index contributed by atoms with van der Waals surface area (Å²) in [5.41, 5.74) is 1.22. The summed E-state index contributed by atoms with van der Waals surface area (Å²) >= 11 is 6.27. The Morgan fingerprint density at radius 2 is 2.05 bits per heavy atom. The Hall–Kier alpha value is -2.41. The first-order valence-electron chi connectivity index (χ1n) is 6.47. The van der Waals surface area contributed by atoms with Crippen molar-refractivity contribution in [2.45, 2.75) is 13.0 Å². The molecule has 116 valence electrons. The van der Waals surface area contributed by atoms with Crippen molar-refractivity contribution in [1.29, 1.82) is 0 Å². The summed E-state index contributed by atoms with van der Waals surface area (Å²) in [6.45, 7) is 1.73. The van der Waals surface area contributed by atoms with E-state index in [1.807, 2.05) is 0 Å². The van der Waals surface area contributed by atoms with Crippen molar-refractivity contribution in [3.8, 4) is 11.5 Å². The molecule has 3 rings (SSSR count). The largest absolute Gasteiger partial charge is 0.466 e. The number of esters is 1. The Morgan fingerprint density at radius 1 is 1.36 bits per heavy atom.